The zero-order chi connectivity index (χ0) is 18.1. The minimum Gasteiger partial charge on any atom is -0.408 e. The summed E-state index contributed by atoms with van der Waals surface area (Å²) in [5.41, 5.74) is 1.15. The van der Waals surface area contributed by atoms with Crippen LogP contribution in [0.5, 0.6) is 0 Å². The van der Waals surface area contributed by atoms with E-state index < -0.39 is 0 Å². The van der Waals surface area contributed by atoms with E-state index in [1.807, 2.05) is 36.9 Å². The molecule has 6 nitrogen and oxygen atoms in total. The number of piperazine rings is 1. The van der Waals surface area contributed by atoms with E-state index >= 15 is 0 Å². The first-order chi connectivity index (χ1) is 12.6. The van der Waals surface area contributed by atoms with Crippen LogP contribution in [0.2, 0.25) is 0 Å². The molecule has 1 amide bonds. The molecule has 1 aliphatic carbocycles. The molecule has 2 aromatic rings. The van der Waals surface area contributed by atoms with Crippen molar-refractivity contribution in [3.05, 3.63) is 41.8 Å². The summed E-state index contributed by atoms with van der Waals surface area (Å²) in [7, 11) is 0. The van der Waals surface area contributed by atoms with E-state index in [1.165, 1.54) is 0 Å². The van der Waals surface area contributed by atoms with Gasteiger partial charge in [0.25, 0.3) is 0 Å². The molecule has 2 aliphatic rings. The maximum absolute atomic E-state index is 13.2. The van der Waals surface area contributed by atoms with E-state index in [-0.39, 0.29) is 17.7 Å². The summed E-state index contributed by atoms with van der Waals surface area (Å²) >= 11 is 0. The van der Waals surface area contributed by atoms with Gasteiger partial charge in [-0.05, 0) is 24.3 Å². The predicted molar refractivity (Wildman–Crippen MR) is 99.1 cm³/mol. The molecular weight excluding hydrogens is 328 g/mol. The number of rotatable bonds is 5. The third-order valence-corrected chi connectivity index (χ3v) is 5.30. The van der Waals surface area contributed by atoms with Crippen LogP contribution in [0, 0.1) is 5.92 Å². The second kappa shape index (κ2) is 7.09. The quantitative estimate of drug-likeness (QED) is 0.826. The first-order valence-corrected chi connectivity index (χ1v) is 9.55. The Kier molecular flexibility index (Phi) is 4.66. The molecule has 6 heteroatoms. The van der Waals surface area contributed by atoms with Crippen molar-refractivity contribution in [3.8, 4) is 0 Å². The van der Waals surface area contributed by atoms with Crippen LogP contribution in [-0.4, -0.2) is 47.2 Å². The second-order valence-corrected chi connectivity index (χ2v) is 7.62. The van der Waals surface area contributed by atoms with Gasteiger partial charge < -0.3 is 14.2 Å². The number of hydrogen-bond donors (Lipinski definition) is 0. The number of carbonyl (C=O) groups excluding carboxylic acids is 1. The molecule has 1 saturated carbocycles. The van der Waals surface area contributed by atoms with E-state index in [4.69, 9.17) is 4.42 Å². The molecule has 0 N–H and O–H groups in total. The van der Waals surface area contributed by atoms with Crippen molar-refractivity contribution in [2.45, 2.75) is 38.5 Å². The van der Waals surface area contributed by atoms with Crippen molar-refractivity contribution in [2.24, 2.45) is 5.92 Å². The molecule has 1 aliphatic heterocycles. The van der Waals surface area contributed by atoms with Crippen molar-refractivity contribution in [1.82, 2.24) is 15.1 Å². The van der Waals surface area contributed by atoms with E-state index in [0.717, 1.165) is 31.5 Å². The highest BCUT2D eigenvalue weighted by Gasteiger charge is 2.40. The average Bonchev–Trinajstić information content (AvgIpc) is 3.36. The zero-order valence-electron chi connectivity index (χ0n) is 15.5. The highest BCUT2D eigenvalue weighted by Crippen LogP contribution is 2.43. The van der Waals surface area contributed by atoms with Gasteiger partial charge in [0.1, 0.15) is 0 Å². The fraction of sp³-hybridized carbons (Fsp3) is 0.550. The first-order valence-electron chi connectivity index (χ1n) is 9.55. The molecule has 1 atom stereocenters. The molecule has 138 valence electrons. The number of aromatic nitrogens is 2. The number of amides is 1. The van der Waals surface area contributed by atoms with Crippen LogP contribution in [0.25, 0.3) is 0 Å². The van der Waals surface area contributed by atoms with Crippen LogP contribution < -0.4 is 4.90 Å². The Labute approximate surface area is 154 Å². The van der Waals surface area contributed by atoms with E-state index in [9.17, 15) is 4.79 Å². The lowest BCUT2D eigenvalue weighted by Crippen LogP contribution is -2.50. The van der Waals surface area contributed by atoms with Crippen LogP contribution in [0.1, 0.15) is 50.0 Å². The maximum atomic E-state index is 13.2. The monoisotopic (exact) mass is 354 g/mol. The first kappa shape index (κ1) is 17.1. The van der Waals surface area contributed by atoms with Gasteiger partial charge >= 0.3 is 6.01 Å². The predicted octanol–water partition coefficient (Wildman–Crippen LogP) is 3.04. The Hall–Kier alpha value is -2.37. The molecule has 0 radical (unpaired) electrons. The van der Waals surface area contributed by atoms with Gasteiger partial charge in [-0.1, -0.05) is 49.3 Å². The van der Waals surface area contributed by atoms with Gasteiger partial charge in [0.05, 0.1) is 5.92 Å². The third-order valence-electron chi connectivity index (χ3n) is 5.30. The van der Waals surface area contributed by atoms with E-state index in [2.05, 4.69) is 27.2 Å². The minimum atomic E-state index is 0.0127. The maximum Gasteiger partial charge on any atom is 0.318 e. The van der Waals surface area contributed by atoms with Gasteiger partial charge in [0.2, 0.25) is 11.8 Å². The van der Waals surface area contributed by atoms with E-state index in [1.54, 1.807) is 0 Å². The fourth-order valence-corrected chi connectivity index (χ4v) is 3.61. The molecule has 2 fully saturated rings. The summed E-state index contributed by atoms with van der Waals surface area (Å²) in [6.45, 7) is 6.95. The Morgan fingerprint density at radius 2 is 1.77 bits per heavy atom. The topological polar surface area (TPSA) is 62.5 Å². The van der Waals surface area contributed by atoms with Crippen LogP contribution in [0.3, 0.4) is 0 Å². The molecule has 4 rings (SSSR count). The Morgan fingerprint density at radius 1 is 1.08 bits per heavy atom. The molecule has 1 saturated heterocycles. The Balaban J connectivity index is 1.41. The lowest BCUT2D eigenvalue weighted by Gasteiger charge is -2.35. The molecule has 0 spiro atoms. The smallest absolute Gasteiger partial charge is 0.318 e. The molecule has 26 heavy (non-hydrogen) atoms. The molecule has 1 unspecified atom stereocenters. The fourth-order valence-electron chi connectivity index (χ4n) is 3.61. The Morgan fingerprint density at radius 3 is 2.35 bits per heavy atom. The summed E-state index contributed by atoms with van der Waals surface area (Å²) < 4.78 is 5.75. The van der Waals surface area contributed by atoms with Gasteiger partial charge in [-0.25, -0.2) is 0 Å². The number of carbonyl (C=O) groups is 1. The van der Waals surface area contributed by atoms with Gasteiger partial charge in [-0.3, -0.25) is 4.79 Å². The Bertz CT molecular complexity index is 746. The minimum absolute atomic E-state index is 0.0127. The summed E-state index contributed by atoms with van der Waals surface area (Å²) in [6, 6.07) is 10.8. The molecule has 1 aromatic carbocycles. The highest BCUT2D eigenvalue weighted by molar-refractivity contribution is 5.84. The number of anilines is 1. The standard InChI is InChI=1S/C20H26N4O2/c1-14(2)18-21-22-20(26-18)24-12-10-23(11-13-24)19(25)17(16-8-9-16)15-6-4-3-5-7-15/h3-7,14,16-17H,8-13H2,1-2H3. The number of benzene rings is 1. The van der Waals surface area contributed by atoms with Crippen molar-refractivity contribution < 1.29 is 9.21 Å². The van der Waals surface area contributed by atoms with Crippen LogP contribution >= 0.6 is 0 Å². The number of hydrogen-bond acceptors (Lipinski definition) is 5. The third kappa shape index (κ3) is 3.45. The van der Waals surface area contributed by atoms with Gasteiger partial charge in [-0.15, -0.1) is 5.10 Å². The lowest BCUT2D eigenvalue weighted by molar-refractivity contribution is -0.133. The van der Waals surface area contributed by atoms with E-state index in [0.29, 0.717) is 30.9 Å². The van der Waals surface area contributed by atoms with Crippen molar-refractivity contribution in [1.29, 1.82) is 0 Å². The lowest BCUT2D eigenvalue weighted by atomic mass is 9.92. The normalized spacial score (nSPS) is 19.0. The average molecular weight is 354 g/mol. The summed E-state index contributed by atoms with van der Waals surface area (Å²) in [5, 5.41) is 8.26. The van der Waals surface area contributed by atoms with Gasteiger partial charge in [0.15, 0.2) is 0 Å². The summed E-state index contributed by atoms with van der Waals surface area (Å²) in [6.07, 6.45) is 2.32. The molecule has 1 aromatic heterocycles. The highest BCUT2D eigenvalue weighted by atomic mass is 16.4. The van der Waals surface area contributed by atoms with Crippen molar-refractivity contribution in [2.75, 3.05) is 31.1 Å². The summed E-state index contributed by atoms with van der Waals surface area (Å²) in [5.74, 6) is 1.68. The molecule has 0 bridgehead atoms. The second-order valence-electron chi connectivity index (χ2n) is 7.62. The van der Waals surface area contributed by atoms with Gasteiger partial charge in [-0.2, -0.15) is 0 Å². The van der Waals surface area contributed by atoms with Crippen LogP contribution in [-0.2, 0) is 4.79 Å². The SMILES string of the molecule is CC(C)c1nnc(N2CCN(C(=O)C(c3ccccc3)C3CC3)CC2)o1. The molecular formula is C20H26N4O2. The van der Waals surface area contributed by atoms with Crippen molar-refractivity contribution >= 4 is 11.9 Å². The number of nitrogens with zero attached hydrogens (tertiary/aromatic N) is 4. The molecule has 2 heterocycles. The largest absolute Gasteiger partial charge is 0.408 e. The van der Waals surface area contributed by atoms with Gasteiger partial charge in [0, 0.05) is 32.1 Å². The zero-order valence-corrected chi connectivity index (χ0v) is 15.5. The summed E-state index contributed by atoms with van der Waals surface area (Å²) in [4.78, 5) is 17.3. The van der Waals surface area contributed by atoms with Crippen LogP contribution in [0.15, 0.2) is 34.7 Å². The van der Waals surface area contributed by atoms with Crippen LogP contribution in [0.4, 0.5) is 6.01 Å². The van der Waals surface area contributed by atoms with Crippen molar-refractivity contribution in [3.63, 3.8) is 0 Å².